The lowest BCUT2D eigenvalue weighted by Crippen LogP contribution is -2.30. The van der Waals surface area contributed by atoms with Crippen molar-refractivity contribution in [2.75, 3.05) is 12.0 Å². The number of benzene rings is 2. The molecule has 0 saturated carbocycles. The van der Waals surface area contributed by atoms with Crippen LogP contribution in [0, 0.1) is 7.14 Å². The number of halogens is 3. The molecule has 1 fully saturated rings. The molecule has 1 aliphatic heterocycles. The number of urea groups is 1. The van der Waals surface area contributed by atoms with Crippen LogP contribution in [0.1, 0.15) is 5.56 Å². The van der Waals surface area contributed by atoms with E-state index in [9.17, 15) is 9.59 Å². The second-order valence-corrected chi connectivity index (χ2v) is 7.88. The quantitative estimate of drug-likeness (QED) is 0.327. The summed E-state index contributed by atoms with van der Waals surface area (Å²) < 4.78 is 7.17. The average Bonchev–Trinajstić information content (AvgIpc) is 2.82. The molecular weight excluding hydrogens is 569 g/mol. The number of anilines is 1. The van der Waals surface area contributed by atoms with E-state index in [1.807, 2.05) is 12.1 Å². The fraction of sp³-hybridized carbons (Fsp3) is 0.0588. The van der Waals surface area contributed by atoms with Gasteiger partial charge in [0, 0.05) is 5.02 Å². The van der Waals surface area contributed by atoms with Gasteiger partial charge in [-0.2, -0.15) is 0 Å². The Balaban J connectivity index is 1.94. The van der Waals surface area contributed by atoms with Crippen LogP contribution >= 0.6 is 56.8 Å². The molecule has 0 aliphatic carbocycles. The molecule has 2 aromatic carbocycles. The number of rotatable bonds is 3. The molecule has 2 aromatic rings. The highest BCUT2D eigenvalue weighted by atomic mass is 127. The topological polar surface area (TPSA) is 58.6 Å². The largest absolute Gasteiger partial charge is 0.495 e. The predicted molar refractivity (Wildman–Crippen MR) is 114 cm³/mol. The van der Waals surface area contributed by atoms with E-state index in [1.165, 1.54) is 0 Å². The van der Waals surface area contributed by atoms with Gasteiger partial charge in [-0.3, -0.25) is 4.79 Å². The Morgan fingerprint density at radius 1 is 1.12 bits per heavy atom. The van der Waals surface area contributed by atoms with E-state index in [4.69, 9.17) is 16.3 Å². The lowest BCUT2D eigenvalue weighted by atomic mass is 10.2. The molecule has 1 aliphatic rings. The zero-order chi connectivity index (χ0) is 18.1. The van der Waals surface area contributed by atoms with Gasteiger partial charge in [0.15, 0.2) is 0 Å². The van der Waals surface area contributed by atoms with Gasteiger partial charge in [-0.1, -0.05) is 11.6 Å². The van der Waals surface area contributed by atoms with Crippen LogP contribution in [0.5, 0.6) is 5.75 Å². The first kappa shape index (κ1) is 18.5. The third-order valence-corrected chi connectivity index (χ3v) is 5.35. The van der Waals surface area contributed by atoms with Gasteiger partial charge in [0.25, 0.3) is 5.91 Å². The van der Waals surface area contributed by atoms with Crippen LogP contribution in [-0.4, -0.2) is 19.0 Å². The molecule has 1 saturated heterocycles. The number of hydrogen-bond acceptors (Lipinski definition) is 3. The highest BCUT2D eigenvalue weighted by Crippen LogP contribution is 2.30. The number of carbonyl (C=O) groups excluding carboxylic acids is 2. The van der Waals surface area contributed by atoms with Crippen LogP contribution in [0.25, 0.3) is 6.08 Å². The number of amides is 3. The standard InChI is InChI=1S/C17H11ClI2N2O3/c1-25-15-12(19)6-9(7-13(15)20)8-14-16(23)22(17(24)21-14)11-4-2-10(18)3-5-11/h2-8H,1H3,(H,21,24)/b14-8+. The van der Waals surface area contributed by atoms with Crippen molar-refractivity contribution >= 4 is 80.5 Å². The Morgan fingerprint density at radius 2 is 1.72 bits per heavy atom. The van der Waals surface area contributed by atoms with Gasteiger partial charge in [0.1, 0.15) is 11.4 Å². The fourth-order valence-corrected chi connectivity index (χ4v) is 4.77. The van der Waals surface area contributed by atoms with Crippen LogP contribution < -0.4 is 15.0 Å². The first-order valence-corrected chi connectivity index (χ1v) is 9.60. The minimum atomic E-state index is -0.489. The van der Waals surface area contributed by atoms with Gasteiger partial charge in [-0.15, -0.1) is 0 Å². The van der Waals surface area contributed by atoms with Gasteiger partial charge in [0.05, 0.1) is 19.9 Å². The van der Waals surface area contributed by atoms with Crippen molar-refractivity contribution in [3.8, 4) is 5.75 Å². The zero-order valence-electron chi connectivity index (χ0n) is 12.8. The van der Waals surface area contributed by atoms with Crippen molar-refractivity contribution < 1.29 is 14.3 Å². The smallest absolute Gasteiger partial charge is 0.333 e. The van der Waals surface area contributed by atoms with E-state index < -0.39 is 11.9 Å². The number of hydrogen-bond donors (Lipinski definition) is 1. The maximum atomic E-state index is 12.6. The molecular formula is C17H11ClI2N2O3. The van der Waals surface area contributed by atoms with Gasteiger partial charge in [0.2, 0.25) is 0 Å². The number of nitrogens with zero attached hydrogens (tertiary/aromatic N) is 1. The second-order valence-electron chi connectivity index (χ2n) is 5.12. The Morgan fingerprint density at radius 3 is 2.28 bits per heavy atom. The third-order valence-electron chi connectivity index (χ3n) is 3.50. The highest BCUT2D eigenvalue weighted by molar-refractivity contribution is 14.1. The molecule has 1 N–H and O–H groups in total. The van der Waals surface area contributed by atoms with Gasteiger partial charge in [-0.05, 0) is 93.2 Å². The molecule has 0 spiro atoms. The number of carbonyl (C=O) groups is 2. The number of imide groups is 1. The van der Waals surface area contributed by atoms with Crippen molar-refractivity contribution in [2.45, 2.75) is 0 Å². The number of ether oxygens (including phenoxy) is 1. The minimum Gasteiger partial charge on any atom is -0.495 e. The van der Waals surface area contributed by atoms with Crippen molar-refractivity contribution in [1.82, 2.24) is 5.32 Å². The molecule has 3 amide bonds. The molecule has 25 heavy (non-hydrogen) atoms. The summed E-state index contributed by atoms with van der Waals surface area (Å²) in [6.45, 7) is 0. The molecule has 0 bridgehead atoms. The molecule has 1 heterocycles. The number of nitrogens with one attached hydrogen (secondary N) is 1. The van der Waals surface area contributed by atoms with Gasteiger partial charge in [-0.25, -0.2) is 9.69 Å². The van der Waals surface area contributed by atoms with E-state index in [2.05, 4.69) is 50.5 Å². The summed E-state index contributed by atoms with van der Waals surface area (Å²) in [5.41, 5.74) is 1.49. The van der Waals surface area contributed by atoms with E-state index in [1.54, 1.807) is 37.5 Å². The predicted octanol–water partition coefficient (Wildman–Crippen LogP) is 4.66. The van der Waals surface area contributed by atoms with Crippen LogP contribution in [-0.2, 0) is 4.79 Å². The third kappa shape index (κ3) is 3.77. The van der Waals surface area contributed by atoms with Gasteiger partial charge >= 0.3 is 6.03 Å². The van der Waals surface area contributed by atoms with Gasteiger partial charge < -0.3 is 10.1 Å². The van der Waals surface area contributed by atoms with Crippen LogP contribution in [0.4, 0.5) is 10.5 Å². The van der Waals surface area contributed by atoms with Crippen molar-refractivity contribution in [2.24, 2.45) is 0 Å². The SMILES string of the molecule is COc1c(I)cc(/C=C2/NC(=O)N(c3ccc(Cl)cc3)C2=O)cc1I. The Hall–Kier alpha value is -1.33. The van der Waals surface area contributed by atoms with E-state index in [0.717, 1.165) is 23.4 Å². The Labute approximate surface area is 176 Å². The molecule has 128 valence electrons. The van der Waals surface area contributed by atoms with Crippen molar-refractivity contribution in [1.29, 1.82) is 0 Å². The molecule has 0 unspecified atom stereocenters. The maximum absolute atomic E-state index is 12.6. The van der Waals surface area contributed by atoms with Crippen LogP contribution in [0.2, 0.25) is 5.02 Å². The summed E-state index contributed by atoms with van der Waals surface area (Å²) in [5.74, 6) is 0.376. The summed E-state index contributed by atoms with van der Waals surface area (Å²) in [7, 11) is 1.61. The zero-order valence-corrected chi connectivity index (χ0v) is 17.9. The molecule has 5 nitrogen and oxygen atoms in total. The Kier molecular flexibility index (Phi) is 5.54. The summed E-state index contributed by atoms with van der Waals surface area (Å²) in [5, 5.41) is 3.15. The maximum Gasteiger partial charge on any atom is 0.333 e. The molecule has 8 heteroatoms. The van der Waals surface area contributed by atoms with Crippen molar-refractivity contribution in [3.63, 3.8) is 0 Å². The molecule has 0 atom stereocenters. The monoisotopic (exact) mass is 580 g/mol. The molecule has 0 aromatic heterocycles. The first-order valence-electron chi connectivity index (χ1n) is 7.06. The first-order chi connectivity index (χ1) is 11.9. The summed E-state index contributed by atoms with van der Waals surface area (Å²) in [6.07, 6.45) is 1.65. The second kappa shape index (κ2) is 7.50. The molecule has 0 radical (unpaired) electrons. The number of methoxy groups -OCH3 is 1. The van der Waals surface area contributed by atoms with Crippen LogP contribution in [0.3, 0.4) is 0 Å². The minimum absolute atomic E-state index is 0.219. The van der Waals surface area contributed by atoms with Crippen molar-refractivity contribution in [3.05, 3.63) is 59.8 Å². The van der Waals surface area contributed by atoms with Crippen LogP contribution in [0.15, 0.2) is 42.1 Å². The van der Waals surface area contributed by atoms with E-state index in [0.29, 0.717) is 10.7 Å². The highest BCUT2D eigenvalue weighted by Gasteiger charge is 2.34. The summed E-state index contributed by atoms with van der Waals surface area (Å²) in [4.78, 5) is 25.9. The summed E-state index contributed by atoms with van der Waals surface area (Å²) >= 11 is 10.2. The lowest BCUT2D eigenvalue weighted by Gasteiger charge is -2.11. The fourth-order valence-electron chi connectivity index (χ4n) is 2.38. The Bertz CT molecular complexity index is 874. The normalized spacial score (nSPS) is 15.7. The lowest BCUT2D eigenvalue weighted by molar-refractivity contribution is -0.113. The summed E-state index contributed by atoms with van der Waals surface area (Å²) in [6, 6.07) is 9.80. The van der Waals surface area contributed by atoms with E-state index in [-0.39, 0.29) is 5.70 Å². The molecule has 3 rings (SSSR count). The average molecular weight is 581 g/mol. The van der Waals surface area contributed by atoms with E-state index >= 15 is 0 Å².